The van der Waals surface area contributed by atoms with E-state index in [1.165, 1.54) is 0 Å². The number of esters is 1. The largest absolute Gasteiger partial charge is 0.464 e. The summed E-state index contributed by atoms with van der Waals surface area (Å²) in [6, 6.07) is 0.0793. The molecule has 1 fully saturated rings. The SMILES string of the molecule is CCOC(=O)[C@H]1CC[C@@H](N)CO1. The van der Waals surface area contributed by atoms with Crippen LogP contribution in [0.25, 0.3) is 0 Å². The molecule has 0 aromatic carbocycles. The van der Waals surface area contributed by atoms with Crippen LogP contribution in [0.4, 0.5) is 0 Å². The van der Waals surface area contributed by atoms with Crippen LogP contribution >= 0.6 is 0 Å². The minimum atomic E-state index is -0.384. The first kappa shape index (κ1) is 9.48. The van der Waals surface area contributed by atoms with Crippen molar-refractivity contribution in [3.63, 3.8) is 0 Å². The Morgan fingerprint density at radius 2 is 2.42 bits per heavy atom. The van der Waals surface area contributed by atoms with Crippen LogP contribution in [0.3, 0.4) is 0 Å². The van der Waals surface area contributed by atoms with Gasteiger partial charge in [0.25, 0.3) is 0 Å². The number of carbonyl (C=O) groups excluding carboxylic acids is 1. The highest BCUT2D eigenvalue weighted by Crippen LogP contribution is 2.13. The molecular weight excluding hydrogens is 158 g/mol. The van der Waals surface area contributed by atoms with E-state index in [1.54, 1.807) is 6.92 Å². The zero-order valence-corrected chi connectivity index (χ0v) is 7.29. The lowest BCUT2D eigenvalue weighted by Crippen LogP contribution is -2.39. The van der Waals surface area contributed by atoms with Gasteiger partial charge in [0.1, 0.15) is 0 Å². The van der Waals surface area contributed by atoms with Gasteiger partial charge in [-0.25, -0.2) is 4.79 Å². The summed E-state index contributed by atoms with van der Waals surface area (Å²) in [4.78, 5) is 11.1. The molecule has 2 N–H and O–H groups in total. The average Bonchev–Trinajstić information content (AvgIpc) is 2.06. The summed E-state index contributed by atoms with van der Waals surface area (Å²) in [7, 11) is 0. The Bertz CT molecular complexity index is 152. The number of nitrogens with two attached hydrogens (primary N) is 1. The maximum absolute atomic E-state index is 11.1. The van der Waals surface area contributed by atoms with Crippen molar-refractivity contribution >= 4 is 5.97 Å². The fraction of sp³-hybridized carbons (Fsp3) is 0.875. The second-order valence-electron chi connectivity index (χ2n) is 2.91. The van der Waals surface area contributed by atoms with E-state index in [-0.39, 0.29) is 18.1 Å². The van der Waals surface area contributed by atoms with Crippen molar-refractivity contribution in [1.82, 2.24) is 0 Å². The predicted octanol–water partition coefficient (Wildman–Crippen LogP) is 0.0558. The van der Waals surface area contributed by atoms with Gasteiger partial charge in [-0.05, 0) is 19.8 Å². The van der Waals surface area contributed by atoms with E-state index < -0.39 is 0 Å². The molecule has 1 heterocycles. The number of ether oxygens (including phenoxy) is 2. The fourth-order valence-electron chi connectivity index (χ4n) is 1.19. The van der Waals surface area contributed by atoms with Gasteiger partial charge in [-0.1, -0.05) is 0 Å². The Kier molecular flexibility index (Phi) is 3.49. The third kappa shape index (κ3) is 2.46. The molecule has 4 nitrogen and oxygen atoms in total. The number of carbonyl (C=O) groups is 1. The van der Waals surface area contributed by atoms with Crippen LogP contribution in [0.1, 0.15) is 19.8 Å². The van der Waals surface area contributed by atoms with Crippen LogP contribution in [-0.2, 0) is 14.3 Å². The second kappa shape index (κ2) is 4.42. The molecule has 0 aromatic heterocycles. The van der Waals surface area contributed by atoms with Gasteiger partial charge in [-0.2, -0.15) is 0 Å². The van der Waals surface area contributed by atoms with E-state index in [2.05, 4.69) is 0 Å². The molecule has 1 aliphatic heterocycles. The van der Waals surface area contributed by atoms with Crippen molar-refractivity contribution < 1.29 is 14.3 Å². The van der Waals surface area contributed by atoms with E-state index in [1.807, 2.05) is 0 Å². The Morgan fingerprint density at radius 3 is 2.92 bits per heavy atom. The molecule has 0 radical (unpaired) electrons. The Labute approximate surface area is 72.0 Å². The molecule has 0 saturated carbocycles. The van der Waals surface area contributed by atoms with Gasteiger partial charge in [-0.15, -0.1) is 0 Å². The fourth-order valence-corrected chi connectivity index (χ4v) is 1.19. The lowest BCUT2D eigenvalue weighted by Gasteiger charge is -2.24. The van der Waals surface area contributed by atoms with Crippen molar-refractivity contribution in [3.8, 4) is 0 Å². The quantitative estimate of drug-likeness (QED) is 0.600. The number of hydrogen-bond donors (Lipinski definition) is 1. The minimum absolute atomic E-state index is 0.0793. The van der Waals surface area contributed by atoms with Gasteiger partial charge in [0, 0.05) is 6.04 Å². The normalized spacial score (nSPS) is 29.8. The standard InChI is InChI=1S/C8H15NO3/c1-2-11-8(10)7-4-3-6(9)5-12-7/h6-7H,2-5,9H2,1H3/t6-,7-/m1/s1. The minimum Gasteiger partial charge on any atom is -0.464 e. The van der Waals surface area contributed by atoms with E-state index in [4.69, 9.17) is 15.2 Å². The maximum Gasteiger partial charge on any atom is 0.335 e. The molecule has 1 aliphatic rings. The van der Waals surface area contributed by atoms with Gasteiger partial charge < -0.3 is 15.2 Å². The van der Waals surface area contributed by atoms with E-state index in [9.17, 15) is 4.79 Å². The monoisotopic (exact) mass is 173 g/mol. The molecule has 0 aromatic rings. The van der Waals surface area contributed by atoms with Crippen LogP contribution in [0.2, 0.25) is 0 Å². The van der Waals surface area contributed by atoms with Gasteiger partial charge in [0.2, 0.25) is 0 Å². The zero-order chi connectivity index (χ0) is 8.97. The molecular formula is C8H15NO3. The molecule has 1 rings (SSSR count). The highest BCUT2D eigenvalue weighted by Gasteiger charge is 2.25. The Balaban J connectivity index is 2.29. The summed E-state index contributed by atoms with van der Waals surface area (Å²) >= 11 is 0. The van der Waals surface area contributed by atoms with Gasteiger partial charge >= 0.3 is 5.97 Å². The summed E-state index contributed by atoms with van der Waals surface area (Å²) in [5.74, 6) is -0.260. The van der Waals surface area contributed by atoms with Crippen LogP contribution in [0.5, 0.6) is 0 Å². The lowest BCUT2D eigenvalue weighted by molar-refractivity contribution is -0.159. The van der Waals surface area contributed by atoms with E-state index in [0.29, 0.717) is 19.6 Å². The second-order valence-corrected chi connectivity index (χ2v) is 2.91. The highest BCUT2D eigenvalue weighted by atomic mass is 16.6. The first-order chi connectivity index (χ1) is 5.74. The lowest BCUT2D eigenvalue weighted by atomic mass is 10.1. The van der Waals surface area contributed by atoms with Crippen molar-refractivity contribution in [2.45, 2.75) is 31.9 Å². The van der Waals surface area contributed by atoms with Gasteiger partial charge in [0.15, 0.2) is 6.10 Å². The first-order valence-corrected chi connectivity index (χ1v) is 4.28. The molecule has 0 spiro atoms. The summed E-state index contributed by atoms with van der Waals surface area (Å²) in [5, 5.41) is 0. The molecule has 0 bridgehead atoms. The van der Waals surface area contributed by atoms with Crippen LogP contribution in [0.15, 0.2) is 0 Å². The molecule has 1 saturated heterocycles. The average molecular weight is 173 g/mol. The zero-order valence-electron chi connectivity index (χ0n) is 7.29. The smallest absolute Gasteiger partial charge is 0.335 e. The molecule has 12 heavy (non-hydrogen) atoms. The third-order valence-electron chi connectivity index (χ3n) is 1.86. The van der Waals surface area contributed by atoms with Crippen LogP contribution < -0.4 is 5.73 Å². The summed E-state index contributed by atoms with van der Waals surface area (Å²) < 4.78 is 10.0. The predicted molar refractivity (Wildman–Crippen MR) is 43.6 cm³/mol. The van der Waals surface area contributed by atoms with E-state index >= 15 is 0 Å². The summed E-state index contributed by atoms with van der Waals surface area (Å²) in [6.45, 7) is 2.65. The summed E-state index contributed by atoms with van der Waals surface area (Å²) in [6.07, 6.45) is 1.13. The van der Waals surface area contributed by atoms with Crippen LogP contribution in [0, 0.1) is 0 Å². The van der Waals surface area contributed by atoms with E-state index in [0.717, 1.165) is 6.42 Å². The van der Waals surface area contributed by atoms with Gasteiger partial charge in [0.05, 0.1) is 13.2 Å². The number of rotatable bonds is 2. The van der Waals surface area contributed by atoms with Crippen molar-refractivity contribution in [2.24, 2.45) is 5.73 Å². The third-order valence-corrected chi connectivity index (χ3v) is 1.86. The van der Waals surface area contributed by atoms with Gasteiger partial charge in [-0.3, -0.25) is 0 Å². The number of hydrogen-bond acceptors (Lipinski definition) is 4. The van der Waals surface area contributed by atoms with Crippen molar-refractivity contribution in [3.05, 3.63) is 0 Å². The van der Waals surface area contributed by atoms with Crippen LogP contribution in [-0.4, -0.2) is 31.3 Å². The maximum atomic E-state index is 11.1. The van der Waals surface area contributed by atoms with Crippen molar-refractivity contribution in [1.29, 1.82) is 0 Å². The molecule has 0 amide bonds. The topological polar surface area (TPSA) is 61.5 Å². The molecule has 4 heteroatoms. The highest BCUT2D eigenvalue weighted by molar-refractivity contribution is 5.74. The van der Waals surface area contributed by atoms with Crippen molar-refractivity contribution in [2.75, 3.05) is 13.2 Å². The molecule has 0 unspecified atom stereocenters. The Hall–Kier alpha value is -0.610. The molecule has 70 valence electrons. The molecule has 2 atom stereocenters. The molecule has 0 aliphatic carbocycles. The first-order valence-electron chi connectivity index (χ1n) is 4.28. The Morgan fingerprint density at radius 1 is 1.67 bits per heavy atom. The summed E-state index contributed by atoms with van der Waals surface area (Å²) in [5.41, 5.74) is 5.59.